The SMILES string of the molecule is CC(C)(c1ccc(CCl)cc1)c1cc(Cl)c(OCCCl)c(Cl)c1. The van der Waals surface area contributed by atoms with Crippen molar-refractivity contribution in [3.8, 4) is 5.75 Å². The predicted molar refractivity (Wildman–Crippen MR) is 101 cm³/mol. The lowest BCUT2D eigenvalue weighted by molar-refractivity contribution is 0.343. The van der Waals surface area contributed by atoms with E-state index in [4.69, 9.17) is 51.1 Å². The van der Waals surface area contributed by atoms with Gasteiger partial charge >= 0.3 is 0 Å². The lowest BCUT2D eigenvalue weighted by Gasteiger charge is -2.27. The maximum absolute atomic E-state index is 6.34. The minimum absolute atomic E-state index is 0.247. The molecule has 2 rings (SSSR count). The summed E-state index contributed by atoms with van der Waals surface area (Å²) in [4.78, 5) is 0. The average molecular weight is 392 g/mol. The molecule has 0 N–H and O–H groups in total. The summed E-state index contributed by atoms with van der Waals surface area (Å²) < 4.78 is 5.51. The van der Waals surface area contributed by atoms with Gasteiger partial charge in [-0.3, -0.25) is 0 Å². The molecule has 0 fully saturated rings. The van der Waals surface area contributed by atoms with Crippen LogP contribution in [0.1, 0.15) is 30.5 Å². The van der Waals surface area contributed by atoms with E-state index in [1.807, 2.05) is 24.3 Å². The summed E-state index contributed by atoms with van der Waals surface area (Å²) in [6.07, 6.45) is 0. The molecule has 23 heavy (non-hydrogen) atoms. The van der Waals surface area contributed by atoms with E-state index in [2.05, 4.69) is 26.0 Å². The van der Waals surface area contributed by atoms with Crippen LogP contribution in [0.4, 0.5) is 0 Å². The first-order valence-electron chi connectivity index (χ1n) is 7.23. The standard InChI is InChI=1S/C18H18Cl4O/c1-18(2,13-5-3-12(11-20)4-6-13)14-9-15(21)17(16(22)10-14)23-8-7-19/h3-6,9-10H,7-8,11H2,1-2H3. The Kier molecular flexibility index (Phi) is 6.50. The first-order valence-corrected chi connectivity index (χ1v) is 9.06. The number of hydrogen-bond acceptors (Lipinski definition) is 1. The summed E-state index contributed by atoms with van der Waals surface area (Å²) >= 11 is 24.2. The molecular weight excluding hydrogens is 374 g/mol. The third-order valence-corrected chi connectivity index (χ3v) is 4.90. The molecule has 0 spiro atoms. The fourth-order valence-electron chi connectivity index (χ4n) is 2.38. The number of alkyl halides is 2. The van der Waals surface area contributed by atoms with Crippen LogP contribution in [0.15, 0.2) is 36.4 Å². The molecule has 5 heteroatoms. The summed E-state index contributed by atoms with van der Waals surface area (Å²) in [5.41, 5.74) is 3.02. The third-order valence-electron chi connectivity index (χ3n) is 3.87. The number of halogens is 4. The Morgan fingerprint density at radius 1 is 0.913 bits per heavy atom. The lowest BCUT2D eigenvalue weighted by Crippen LogP contribution is -2.19. The van der Waals surface area contributed by atoms with Crippen molar-refractivity contribution in [1.29, 1.82) is 0 Å². The molecule has 0 unspecified atom stereocenters. The minimum Gasteiger partial charge on any atom is -0.489 e. The molecule has 0 saturated heterocycles. The zero-order valence-electron chi connectivity index (χ0n) is 13.0. The van der Waals surface area contributed by atoms with Gasteiger partial charge < -0.3 is 4.74 Å². The molecular formula is C18H18Cl4O. The smallest absolute Gasteiger partial charge is 0.156 e. The van der Waals surface area contributed by atoms with Gasteiger partial charge in [-0.1, -0.05) is 61.3 Å². The van der Waals surface area contributed by atoms with Crippen LogP contribution in [0.2, 0.25) is 10.0 Å². The van der Waals surface area contributed by atoms with Gasteiger partial charge in [-0.05, 0) is 28.8 Å². The van der Waals surface area contributed by atoms with Crippen LogP contribution >= 0.6 is 46.4 Å². The van der Waals surface area contributed by atoms with Crippen molar-refractivity contribution in [3.05, 3.63) is 63.1 Å². The first kappa shape index (κ1) is 18.7. The van der Waals surface area contributed by atoms with Crippen LogP contribution in [0.25, 0.3) is 0 Å². The van der Waals surface area contributed by atoms with Crippen molar-refractivity contribution in [2.75, 3.05) is 12.5 Å². The summed E-state index contributed by atoms with van der Waals surface area (Å²) in [6.45, 7) is 4.62. The highest BCUT2D eigenvalue weighted by Crippen LogP contribution is 2.40. The van der Waals surface area contributed by atoms with Crippen molar-refractivity contribution < 1.29 is 4.74 Å². The topological polar surface area (TPSA) is 9.23 Å². The highest BCUT2D eigenvalue weighted by Gasteiger charge is 2.25. The Morgan fingerprint density at radius 3 is 1.96 bits per heavy atom. The predicted octanol–water partition coefficient (Wildman–Crippen LogP) is 6.68. The quantitative estimate of drug-likeness (QED) is 0.499. The zero-order chi connectivity index (χ0) is 17.0. The number of benzene rings is 2. The maximum atomic E-state index is 6.34. The van der Waals surface area contributed by atoms with E-state index >= 15 is 0 Å². The molecule has 0 heterocycles. The number of rotatable bonds is 6. The Balaban J connectivity index is 2.38. The molecule has 0 aliphatic heterocycles. The summed E-state index contributed by atoms with van der Waals surface area (Å²) in [7, 11) is 0. The van der Waals surface area contributed by atoms with Crippen LogP contribution in [0, 0.1) is 0 Å². The van der Waals surface area contributed by atoms with Crippen LogP contribution in [0.5, 0.6) is 5.75 Å². The van der Waals surface area contributed by atoms with E-state index in [0.29, 0.717) is 34.2 Å². The van der Waals surface area contributed by atoms with Crippen LogP contribution in [-0.4, -0.2) is 12.5 Å². The fourth-order valence-corrected chi connectivity index (χ4v) is 3.23. The summed E-state index contributed by atoms with van der Waals surface area (Å²) in [6, 6.07) is 12.0. The molecule has 0 aliphatic rings. The van der Waals surface area contributed by atoms with E-state index in [-0.39, 0.29) is 5.41 Å². The molecule has 0 amide bonds. The van der Waals surface area contributed by atoms with Gasteiger partial charge in [0.1, 0.15) is 6.61 Å². The minimum atomic E-state index is -0.247. The maximum Gasteiger partial charge on any atom is 0.156 e. The van der Waals surface area contributed by atoms with Crippen LogP contribution < -0.4 is 4.74 Å². The largest absolute Gasteiger partial charge is 0.489 e. The zero-order valence-corrected chi connectivity index (χ0v) is 16.0. The van der Waals surface area contributed by atoms with E-state index in [1.165, 1.54) is 0 Å². The highest BCUT2D eigenvalue weighted by molar-refractivity contribution is 6.37. The van der Waals surface area contributed by atoms with Crippen molar-refractivity contribution in [2.24, 2.45) is 0 Å². The fraction of sp³-hybridized carbons (Fsp3) is 0.333. The van der Waals surface area contributed by atoms with Crippen LogP contribution in [-0.2, 0) is 11.3 Å². The Bertz CT molecular complexity index is 642. The molecule has 0 radical (unpaired) electrons. The van der Waals surface area contributed by atoms with Gasteiger partial charge in [0, 0.05) is 11.3 Å². The Labute approximate surface area is 157 Å². The Morgan fingerprint density at radius 2 is 1.48 bits per heavy atom. The van der Waals surface area contributed by atoms with Crippen molar-refractivity contribution >= 4 is 46.4 Å². The lowest BCUT2D eigenvalue weighted by atomic mass is 9.78. The molecule has 0 aromatic heterocycles. The third kappa shape index (κ3) is 4.28. The van der Waals surface area contributed by atoms with Gasteiger partial charge in [-0.2, -0.15) is 0 Å². The molecule has 0 bridgehead atoms. The van der Waals surface area contributed by atoms with Crippen molar-refractivity contribution in [2.45, 2.75) is 25.1 Å². The molecule has 2 aromatic rings. The normalized spacial score (nSPS) is 11.6. The van der Waals surface area contributed by atoms with E-state index in [1.54, 1.807) is 0 Å². The van der Waals surface area contributed by atoms with Gasteiger partial charge in [0.05, 0.1) is 15.9 Å². The molecule has 0 aliphatic carbocycles. The first-order chi connectivity index (χ1) is 10.9. The van der Waals surface area contributed by atoms with Gasteiger partial charge in [-0.25, -0.2) is 0 Å². The van der Waals surface area contributed by atoms with Crippen molar-refractivity contribution in [1.82, 2.24) is 0 Å². The molecule has 0 atom stereocenters. The molecule has 2 aromatic carbocycles. The number of hydrogen-bond donors (Lipinski definition) is 0. The second kappa shape index (κ2) is 7.98. The number of ether oxygens (including phenoxy) is 1. The van der Waals surface area contributed by atoms with E-state index in [0.717, 1.165) is 16.7 Å². The average Bonchev–Trinajstić information content (AvgIpc) is 2.54. The highest BCUT2D eigenvalue weighted by atomic mass is 35.5. The van der Waals surface area contributed by atoms with Crippen molar-refractivity contribution in [3.63, 3.8) is 0 Å². The molecule has 1 nitrogen and oxygen atoms in total. The van der Waals surface area contributed by atoms with E-state index < -0.39 is 0 Å². The second-order valence-electron chi connectivity index (χ2n) is 5.76. The monoisotopic (exact) mass is 390 g/mol. The molecule has 0 saturated carbocycles. The molecule has 124 valence electrons. The van der Waals surface area contributed by atoms with Gasteiger partial charge in [0.2, 0.25) is 0 Å². The van der Waals surface area contributed by atoms with Gasteiger partial charge in [0.15, 0.2) is 5.75 Å². The van der Waals surface area contributed by atoms with Gasteiger partial charge in [-0.15, -0.1) is 23.2 Å². The summed E-state index contributed by atoms with van der Waals surface area (Å²) in [5, 5.41) is 0.978. The van der Waals surface area contributed by atoms with Gasteiger partial charge in [0.25, 0.3) is 0 Å². The van der Waals surface area contributed by atoms with Crippen LogP contribution in [0.3, 0.4) is 0 Å². The van der Waals surface area contributed by atoms with E-state index in [9.17, 15) is 0 Å². The Hall–Kier alpha value is -0.600. The summed E-state index contributed by atoms with van der Waals surface area (Å²) in [5.74, 6) is 1.36. The second-order valence-corrected chi connectivity index (χ2v) is 7.22.